The summed E-state index contributed by atoms with van der Waals surface area (Å²) in [5.74, 6) is 0.789. The lowest BCUT2D eigenvalue weighted by atomic mass is 10.1. The molecule has 4 atom stereocenters. The fourth-order valence-corrected chi connectivity index (χ4v) is 2.16. The number of hydrogen-bond donors (Lipinski definition) is 9. The minimum atomic E-state index is -0.905. The molecule has 0 aliphatic carbocycles. The molecule has 14 nitrogen and oxygen atoms in total. The molecule has 0 aromatic carbocycles. The van der Waals surface area contributed by atoms with Crippen LogP contribution in [-0.2, 0) is 29.0 Å². The molecule has 4 unspecified atom stereocenters. The number of nitrogens with one attached hydrogen (secondary N) is 6. The van der Waals surface area contributed by atoms with Gasteiger partial charge in [-0.25, -0.2) is 0 Å². The summed E-state index contributed by atoms with van der Waals surface area (Å²) >= 11 is 4.12. The molecule has 0 aliphatic rings. The van der Waals surface area contributed by atoms with Crippen molar-refractivity contribution in [3.63, 3.8) is 0 Å². The summed E-state index contributed by atoms with van der Waals surface area (Å²) in [6.45, 7) is 7.81. The van der Waals surface area contributed by atoms with Gasteiger partial charge in [-0.2, -0.15) is 45.5 Å². The van der Waals surface area contributed by atoms with E-state index in [0.717, 1.165) is 6.42 Å². The highest BCUT2D eigenvalue weighted by molar-refractivity contribution is 7.80. The van der Waals surface area contributed by atoms with Crippen molar-refractivity contribution >= 4 is 12.6 Å². The van der Waals surface area contributed by atoms with Crippen molar-refractivity contribution in [2.24, 2.45) is 5.92 Å². The normalized spacial score (nSPS) is 15.9. The maximum Gasteiger partial charge on any atom is 0.174 e. The predicted molar refractivity (Wildman–Crippen MR) is 114 cm³/mol. The monoisotopic (exact) mass is 476 g/mol. The Kier molecular flexibility index (Phi) is 21.5. The minimum Gasteiger partial charge on any atom is -0.392 e. The third kappa shape index (κ3) is 19.0. The van der Waals surface area contributed by atoms with Crippen LogP contribution in [-0.4, -0.2) is 74.0 Å². The second-order valence-electron chi connectivity index (χ2n) is 6.67. The average molecular weight is 477 g/mol. The van der Waals surface area contributed by atoms with Crippen molar-refractivity contribution in [3.8, 4) is 0 Å². The van der Waals surface area contributed by atoms with Crippen molar-refractivity contribution in [1.29, 1.82) is 0 Å². The molecular formula is C16H40N6O8S. The van der Waals surface area contributed by atoms with Crippen LogP contribution in [0.4, 0.5) is 0 Å². The minimum absolute atomic E-state index is 0.0952. The number of aliphatic hydroxyl groups excluding tert-OH is 2. The molecule has 188 valence electrons. The van der Waals surface area contributed by atoms with Gasteiger partial charge in [0.15, 0.2) is 18.7 Å². The molecule has 8 N–H and O–H groups in total. The summed E-state index contributed by atoms with van der Waals surface area (Å²) in [4.78, 5) is 30.8. The number of thiol groups is 1. The Morgan fingerprint density at radius 3 is 1.90 bits per heavy atom. The van der Waals surface area contributed by atoms with Gasteiger partial charge in [0.05, 0.1) is 19.8 Å². The Balaban J connectivity index is 3.90. The summed E-state index contributed by atoms with van der Waals surface area (Å²) in [7, 11) is 0. The fraction of sp³-hybridized carbons (Fsp3) is 1.00. The van der Waals surface area contributed by atoms with Crippen LogP contribution in [0.3, 0.4) is 0 Å². The van der Waals surface area contributed by atoms with E-state index in [2.05, 4.69) is 59.4 Å². The highest BCUT2D eigenvalue weighted by Crippen LogP contribution is 2.03. The van der Waals surface area contributed by atoms with Crippen LogP contribution in [0, 0.1) is 5.92 Å². The largest absolute Gasteiger partial charge is 0.392 e. The van der Waals surface area contributed by atoms with E-state index in [0.29, 0.717) is 12.5 Å². The van der Waals surface area contributed by atoms with Crippen molar-refractivity contribution in [1.82, 2.24) is 32.9 Å². The zero-order valence-corrected chi connectivity index (χ0v) is 19.5. The van der Waals surface area contributed by atoms with Crippen LogP contribution >= 0.6 is 12.6 Å². The number of aliphatic hydroxyl groups is 2. The maximum absolute atomic E-state index is 9.33. The Bertz CT molecular complexity index is 394. The topological polar surface area (TPSA) is 168 Å². The molecule has 0 saturated carbocycles. The zero-order valence-electron chi connectivity index (χ0n) is 18.6. The van der Waals surface area contributed by atoms with Gasteiger partial charge in [-0.15, -0.1) is 0 Å². The molecule has 15 heteroatoms. The average Bonchev–Trinajstić information content (AvgIpc) is 2.75. The molecule has 0 amide bonds. The Morgan fingerprint density at radius 1 is 0.742 bits per heavy atom. The van der Waals surface area contributed by atoms with Gasteiger partial charge in [0.1, 0.15) is 13.5 Å². The van der Waals surface area contributed by atoms with Crippen molar-refractivity contribution in [2.45, 2.75) is 58.8 Å². The van der Waals surface area contributed by atoms with Gasteiger partial charge in [0.25, 0.3) is 0 Å². The Morgan fingerprint density at radius 2 is 1.32 bits per heavy atom. The molecule has 0 fully saturated rings. The molecule has 0 aromatic heterocycles. The number of rotatable bonds is 23. The van der Waals surface area contributed by atoms with Crippen LogP contribution in [0.1, 0.15) is 34.1 Å². The SMILES string of the molecule is CCONCONC(CS)ONC(CO)ONCONC(CO)ONC(C)CC(C)C. The summed E-state index contributed by atoms with van der Waals surface area (Å²) in [5.41, 5.74) is 15.5. The first-order valence-electron chi connectivity index (χ1n) is 10.1. The van der Waals surface area contributed by atoms with Gasteiger partial charge in [-0.3, -0.25) is 29.0 Å². The lowest BCUT2D eigenvalue weighted by Gasteiger charge is -2.22. The lowest BCUT2D eigenvalue weighted by Crippen LogP contribution is -2.47. The molecule has 0 saturated heterocycles. The first kappa shape index (κ1) is 30.8. The maximum atomic E-state index is 9.33. The van der Waals surface area contributed by atoms with Crippen molar-refractivity contribution in [2.75, 3.05) is 39.0 Å². The molecule has 0 bridgehead atoms. The summed E-state index contributed by atoms with van der Waals surface area (Å²) in [5, 5.41) is 18.6. The van der Waals surface area contributed by atoms with Gasteiger partial charge >= 0.3 is 0 Å². The van der Waals surface area contributed by atoms with E-state index < -0.39 is 25.3 Å². The van der Waals surface area contributed by atoms with E-state index in [-0.39, 0.29) is 31.9 Å². The van der Waals surface area contributed by atoms with E-state index in [1.54, 1.807) is 0 Å². The van der Waals surface area contributed by atoms with Crippen molar-refractivity contribution < 1.29 is 39.2 Å². The number of hydroxylamine groups is 6. The van der Waals surface area contributed by atoms with Gasteiger partial charge in [0.2, 0.25) is 0 Å². The van der Waals surface area contributed by atoms with E-state index in [4.69, 9.17) is 29.0 Å². The molecule has 0 aromatic rings. The van der Waals surface area contributed by atoms with Gasteiger partial charge in [0, 0.05) is 11.8 Å². The highest BCUT2D eigenvalue weighted by atomic mass is 32.1. The van der Waals surface area contributed by atoms with E-state index >= 15 is 0 Å². The predicted octanol–water partition coefficient (Wildman–Crippen LogP) is -1.62. The summed E-state index contributed by atoms with van der Waals surface area (Å²) < 4.78 is 0. The fourth-order valence-electron chi connectivity index (χ4n) is 2.01. The molecule has 0 aliphatic heterocycles. The third-order valence-electron chi connectivity index (χ3n) is 3.24. The third-order valence-corrected chi connectivity index (χ3v) is 3.57. The molecule has 0 radical (unpaired) electrons. The van der Waals surface area contributed by atoms with Crippen molar-refractivity contribution in [3.05, 3.63) is 0 Å². The zero-order chi connectivity index (χ0) is 23.3. The Labute approximate surface area is 189 Å². The quantitative estimate of drug-likeness (QED) is 0.0357. The second-order valence-corrected chi connectivity index (χ2v) is 7.03. The van der Waals surface area contributed by atoms with Crippen LogP contribution in [0.2, 0.25) is 0 Å². The smallest absolute Gasteiger partial charge is 0.174 e. The lowest BCUT2D eigenvalue weighted by molar-refractivity contribution is -0.210. The molecule has 31 heavy (non-hydrogen) atoms. The van der Waals surface area contributed by atoms with E-state index in [1.165, 1.54) is 0 Å². The standard InChI is InChI=1S/C16H40N6O8S/c1-5-25-17-10-26-21-16(9-31)30-22-15(8-24)28-18-11-27-20-14(7-23)29-19-13(4)6-12(2)3/h12-24,31H,5-11H2,1-4H3. The molecule has 0 rings (SSSR count). The molecule has 0 heterocycles. The van der Waals surface area contributed by atoms with Crippen LogP contribution in [0.25, 0.3) is 0 Å². The molecule has 0 spiro atoms. The Hall–Kier alpha value is -0.210. The van der Waals surface area contributed by atoms with Crippen LogP contribution in [0.15, 0.2) is 0 Å². The number of hydrogen-bond acceptors (Lipinski definition) is 15. The van der Waals surface area contributed by atoms with E-state index in [9.17, 15) is 10.2 Å². The van der Waals surface area contributed by atoms with E-state index in [1.807, 2.05) is 13.8 Å². The summed E-state index contributed by atoms with van der Waals surface area (Å²) in [6, 6.07) is 0.121. The first-order valence-corrected chi connectivity index (χ1v) is 10.7. The molecular weight excluding hydrogens is 436 g/mol. The highest BCUT2D eigenvalue weighted by Gasteiger charge is 2.14. The van der Waals surface area contributed by atoms with Gasteiger partial charge < -0.3 is 10.2 Å². The summed E-state index contributed by atoms with van der Waals surface area (Å²) in [6.07, 6.45) is -1.38. The second kappa shape index (κ2) is 21.6. The van der Waals surface area contributed by atoms with Crippen LogP contribution in [0.5, 0.6) is 0 Å². The first-order chi connectivity index (χ1) is 15.0. The van der Waals surface area contributed by atoms with Gasteiger partial charge in [-0.05, 0) is 26.2 Å². The van der Waals surface area contributed by atoms with Gasteiger partial charge in [-0.1, -0.05) is 13.8 Å². The van der Waals surface area contributed by atoms with Crippen LogP contribution < -0.4 is 32.9 Å².